The van der Waals surface area contributed by atoms with Crippen molar-refractivity contribution in [1.29, 1.82) is 0 Å². The second-order valence-corrected chi connectivity index (χ2v) is 15.6. The molecule has 0 saturated carbocycles. The Bertz CT molecular complexity index is 3250. The van der Waals surface area contributed by atoms with Gasteiger partial charge >= 0.3 is 0 Å². The Morgan fingerprint density at radius 1 is 0.339 bits per heavy atom. The van der Waals surface area contributed by atoms with Crippen LogP contribution in [-0.2, 0) is 0 Å². The summed E-state index contributed by atoms with van der Waals surface area (Å²) in [6.07, 6.45) is 0. The number of para-hydroxylation sites is 4. The van der Waals surface area contributed by atoms with E-state index in [0.717, 1.165) is 95.1 Å². The van der Waals surface area contributed by atoms with Crippen LogP contribution in [0.1, 0.15) is 0 Å². The molecule has 0 spiro atoms. The minimum atomic E-state index is -0.176. The van der Waals surface area contributed by atoms with Gasteiger partial charge in [-0.3, -0.25) is 0 Å². The Balaban J connectivity index is 1.17. The van der Waals surface area contributed by atoms with Crippen molar-refractivity contribution in [2.45, 2.75) is 0 Å². The third-order valence-corrected chi connectivity index (χ3v) is 12.4. The van der Waals surface area contributed by atoms with E-state index >= 15 is 0 Å². The van der Waals surface area contributed by atoms with Crippen molar-refractivity contribution in [1.82, 2.24) is 9.13 Å². The molecule has 0 amide bonds. The number of hydrogen-bond acceptors (Lipinski definition) is 2. The van der Waals surface area contributed by atoms with E-state index in [1.54, 1.807) is 0 Å². The highest BCUT2D eigenvalue weighted by Crippen LogP contribution is 2.48. The molecule has 2 aliphatic heterocycles. The smallest absolute Gasteiger partial charge is 0.260 e. The minimum absolute atomic E-state index is 0.176. The fourth-order valence-corrected chi connectivity index (χ4v) is 9.88. The maximum absolute atomic E-state index is 7.33. The zero-order valence-corrected chi connectivity index (χ0v) is 31.8. The summed E-state index contributed by atoms with van der Waals surface area (Å²) in [6, 6.07) is 71.6. The molecule has 4 nitrogen and oxygen atoms in total. The maximum atomic E-state index is 7.33. The van der Waals surface area contributed by atoms with Crippen molar-refractivity contribution in [3.63, 3.8) is 0 Å². The van der Waals surface area contributed by atoms with Crippen LogP contribution in [0.15, 0.2) is 200 Å². The molecular weight excluding hydrogens is 719 g/mol. The summed E-state index contributed by atoms with van der Waals surface area (Å²) < 4.78 is 19.4. The van der Waals surface area contributed by atoms with E-state index in [1.807, 2.05) is 0 Å². The standard InChI is InChI=1S/C54H33BN2O2/c1-5-17-34(18-6-1)40-29-41(35-19-7-2-8-20-35)54-52-53(40)58-50-32-48-42(38-25-13-15-27-46(38)56(48)36-21-9-3-10-22-36)30-44(50)55(52)45-31-43-39-26-14-16-28-47(39)57(37-23-11-4-12-24-37)49(43)33-51(45)59-54/h1-33H. The SMILES string of the molecule is c1ccc(-c2cc(-c3ccccc3)c3c4c2Oc2cc5c(cc2B4c2cc4c6ccccc6n(-c6ccccc6)c4cc2O3)c2ccccc2n5-c2ccccc2)cc1. The van der Waals surface area contributed by atoms with Gasteiger partial charge in [-0.2, -0.15) is 0 Å². The molecule has 2 aromatic heterocycles. The van der Waals surface area contributed by atoms with Gasteiger partial charge in [0.25, 0.3) is 6.71 Å². The number of ether oxygens (including phenoxy) is 2. The first kappa shape index (κ1) is 32.3. The lowest BCUT2D eigenvalue weighted by atomic mass is 9.34. The number of nitrogens with zero attached hydrogens (tertiary/aromatic N) is 2. The summed E-state index contributed by atoms with van der Waals surface area (Å²) in [4.78, 5) is 0. The van der Waals surface area contributed by atoms with Crippen LogP contribution in [0.3, 0.4) is 0 Å². The van der Waals surface area contributed by atoms with Gasteiger partial charge in [0.1, 0.15) is 23.0 Å². The van der Waals surface area contributed by atoms with E-state index in [-0.39, 0.29) is 6.71 Å². The molecule has 0 atom stereocenters. The van der Waals surface area contributed by atoms with Crippen LogP contribution < -0.4 is 25.9 Å². The summed E-state index contributed by atoms with van der Waals surface area (Å²) in [6.45, 7) is -0.176. The number of benzene rings is 9. The van der Waals surface area contributed by atoms with Crippen LogP contribution >= 0.6 is 0 Å². The molecule has 11 aromatic rings. The van der Waals surface area contributed by atoms with Gasteiger partial charge in [-0.25, -0.2) is 0 Å². The van der Waals surface area contributed by atoms with Gasteiger partial charge in [0.2, 0.25) is 0 Å². The molecule has 0 radical (unpaired) electrons. The molecule has 59 heavy (non-hydrogen) atoms. The third kappa shape index (κ3) is 4.67. The molecule has 9 aromatic carbocycles. The molecule has 0 saturated heterocycles. The molecule has 0 unspecified atom stereocenters. The Morgan fingerprint density at radius 2 is 0.729 bits per heavy atom. The van der Waals surface area contributed by atoms with Crippen molar-refractivity contribution in [2.75, 3.05) is 0 Å². The molecule has 0 bridgehead atoms. The predicted molar refractivity (Wildman–Crippen MR) is 244 cm³/mol. The van der Waals surface area contributed by atoms with Gasteiger partial charge in [-0.05, 0) is 64.5 Å². The van der Waals surface area contributed by atoms with Gasteiger partial charge in [0.15, 0.2) is 0 Å². The topological polar surface area (TPSA) is 28.3 Å². The average molecular weight is 753 g/mol. The number of hydrogen-bond donors (Lipinski definition) is 0. The molecular formula is C54H33BN2O2. The molecule has 0 fully saturated rings. The first-order valence-corrected chi connectivity index (χ1v) is 20.2. The van der Waals surface area contributed by atoms with Crippen molar-refractivity contribution in [3.05, 3.63) is 200 Å². The Kier molecular flexibility index (Phi) is 6.78. The predicted octanol–water partition coefficient (Wildman–Crippen LogP) is 11.9. The lowest BCUT2D eigenvalue weighted by Crippen LogP contribution is -2.57. The molecule has 2 aliphatic rings. The fraction of sp³-hybridized carbons (Fsp3) is 0. The summed E-state index contributed by atoms with van der Waals surface area (Å²) in [5, 5.41) is 4.79. The van der Waals surface area contributed by atoms with Crippen LogP contribution in [0.25, 0.3) is 77.2 Å². The highest BCUT2D eigenvalue weighted by Gasteiger charge is 2.44. The second-order valence-electron chi connectivity index (χ2n) is 15.6. The Hall–Kier alpha value is -7.76. The average Bonchev–Trinajstić information content (AvgIpc) is 3.80. The van der Waals surface area contributed by atoms with Crippen LogP contribution in [0.2, 0.25) is 0 Å². The van der Waals surface area contributed by atoms with Crippen LogP contribution in [0, 0.1) is 0 Å². The summed E-state index contributed by atoms with van der Waals surface area (Å²) in [7, 11) is 0. The normalized spacial score (nSPS) is 12.6. The monoisotopic (exact) mass is 752 g/mol. The van der Waals surface area contributed by atoms with Gasteiger partial charge in [0, 0.05) is 61.6 Å². The highest BCUT2D eigenvalue weighted by molar-refractivity contribution is 6.98. The summed E-state index contributed by atoms with van der Waals surface area (Å²) in [5.41, 5.74) is 14.3. The summed E-state index contributed by atoms with van der Waals surface area (Å²) >= 11 is 0. The molecule has 0 N–H and O–H groups in total. The van der Waals surface area contributed by atoms with Gasteiger partial charge in [0.05, 0.1) is 22.1 Å². The number of aromatic nitrogens is 2. The van der Waals surface area contributed by atoms with E-state index in [4.69, 9.17) is 9.47 Å². The second kappa shape index (κ2) is 12.4. The minimum Gasteiger partial charge on any atom is -0.458 e. The molecule has 13 rings (SSSR count). The van der Waals surface area contributed by atoms with E-state index in [0.29, 0.717) is 0 Å². The Morgan fingerprint density at radius 3 is 1.17 bits per heavy atom. The number of rotatable bonds is 4. The van der Waals surface area contributed by atoms with Crippen molar-refractivity contribution in [2.24, 2.45) is 0 Å². The van der Waals surface area contributed by atoms with E-state index in [9.17, 15) is 0 Å². The van der Waals surface area contributed by atoms with Gasteiger partial charge in [-0.1, -0.05) is 146 Å². The zero-order valence-electron chi connectivity index (χ0n) is 31.8. The van der Waals surface area contributed by atoms with Gasteiger partial charge in [-0.15, -0.1) is 0 Å². The quantitative estimate of drug-likeness (QED) is 0.168. The molecule has 274 valence electrons. The lowest BCUT2D eigenvalue weighted by Gasteiger charge is -2.35. The van der Waals surface area contributed by atoms with Crippen molar-refractivity contribution >= 4 is 66.7 Å². The summed E-state index contributed by atoms with van der Waals surface area (Å²) in [5.74, 6) is 3.38. The van der Waals surface area contributed by atoms with Crippen LogP contribution in [-0.4, -0.2) is 15.8 Å². The van der Waals surface area contributed by atoms with E-state index in [2.05, 4.69) is 209 Å². The molecule has 4 heterocycles. The van der Waals surface area contributed by atoms with E-state index in [1.165, 1.54) is 21.5 Å². The highest BCUT2D eigenvalue weighted by atomic mass is 16.5. The van der Waals surface area contributed by atoms with Crippen molar-refractivity contribution < 1.29 is 9.47 Å². The zero-order chi connectivity index (χ0) is 38.6. The molecule has 5 heteroatoms. The molecule has 0 aliphatic carbocycles. The fourth-order valence-electron chi connectivity index (χ4n) is 9.88. The first-order valence-electron chi connectivity index (χ1n) is 20.2. The third-order valence-electron chi connectivity index (χ3n) is 12.4. The number of fused-ring (bicyclic) bond motifs is 10. The maximum Gasteiger partial charge on any atom is 0.260 e. The van der Waals surface area contributed by atoms with E-state index < -0.39 is 0 Å². The van der Waals surface area contributed by atoms with Gasteiger partial charge < -0.3 is 18.6 Å². The largest absolute Gasteiger partial charge is 0.458 e. The first-order chi connectivity index (χ1) is 29.3. The Labute approximate surface area is 340 Å². The van der Waals surface area contributed by atoms with Crippen LogP contribution in [0.5, 0.6) is 23.0 Å². The van der Waals surface area contributed by atoms with Crippen molar-refractivity contribution in [3.8, 4) is 56.6 Å². The van der Waals surface area contributed by atoms with Crippen LogP contribution in [0.4, 0.5) is 0 Å². The lowest BCUT2D eigenvalue weighted by molar-refractivity contribution is 0.467.